The number of imidazole rings is 2. The second-order valence-electron chi connectivity index (χ2n) is 30.5. The highest BCUT2D eigenvalue weighted by atomic mass is 79.9. The van der Waals surface area contributed by atoms with E-state index in [-0.39, 0.29) is 0 Å². The molecule has 530 valence electrons. The molecule has 0 bridgehead atoms. The van der Waals surface area contributed by atoms with Gasteiger partial charge in [0.15, 0.2) is 0 Å². The van der Waals surface area contributed by atoms with E-state index in [1.165, 1.54) is 98.0 Å². The van der Waals surface area contributed by atoms with Gasteiger partial charge in [-0.15, -0.1) is 0 Å². The molecule has 10 heteroatoms. The molecule has 0 spiro atoms. The van der Waals surface area contributed by atoms with Gasteiger partial charge in [0.1, 0.15) is 11.3 Å². The first kappa shape index (κ1) is 66.9. The molecule has 0 saturated carbocycles. The Hall–Kier alpha value is -13.2. The van der Waals surface area contributed by atoms with Crippen LogP contribution in [0.2, 0.25) is 0 Å². The minimum absolute atomic E-state index is 0.400. The average molecular weight is 1500 g/mol. The van der Waals surface area contributed by atoms with Crippen molar-refractivity contribution in [2.24, 2.45) is 0 Å². The molecule has 23 rings (SSSR count). The normalized spacial score (nSPS) is 13.5. The van der Waals surface area contributed by atoms with Crippen LogP contribution in [-0.2, 0) is 9.31 Å². The van der Waals surface area contributed by atoms with Crippen LogP contribution >= 0.6 is 15.9 Å². The van der Waals surface area contributed by atoms with Crippen LogP contribution in [0, 0.1) is 0 Å². The number of aromatic nitrogens is 6. The van der Waals surface area contributed by atoms with E-state index in [0.717, 1.165) is 109 Å². The molecule has 8 nitrogen and oxygen atoms in total. The van der Waals surface area contributed by atoms with Gasteiger partial charge in [-0.3, -0.25) is 8.80 Å². The second kappa shape index (κ2) is 26.5. The molecule has 112 heavy (non-hydrogen) atoms. The summed E-state index contributed by atoms with van der Waals surface area (Å²) in [5.74, 6) is 0. The molecule has 1 aliphatic heterocycles. The lowest BCUT2D eigenvalue weighted by Gasteiger charge is -2.32. The van der Waals surface area contributed by atoms with E-state index in [1.54, 1.807) is 0 Å². The molecule has 0 atom stereocenters. The predicted octanol–water partition coefficient (Wildman–Crippen LogP) is 26.4. The first-order chi connectivity index (χ1) is 54.8. The van der Waals surface area contributed by atoms with Crippen molar-refractivity contribution in [3.63, 3.8) is 0 Å². The highest BCUT2D eigenvalue weighted by Crippen LogP contribution is 2.42. The summed E-state index contributed by atoms with van der Waals surface area (Å²) in [6.45, 7) is 8.39. The zero-order valence-electron chi connectivity index (χ0n) is 61.9. The van der Waals surface area contributed by atoms with Gasteiger partial charge in [0.05, 0.1) is 66.7 Å². The topological polar surface area (TPSA) is 78.8 Å². The van der Waals surface area contributed by atoms with E-state index in [4.69, 9.17) is 29.2 Å². The van der Waals surface area contributed by atoms with E-state index < -0.39 is 18.3 Å². The summed E-state index contributed by atoms with van der Waals surface area (Å²) in [6.07, 6.45) is 0. The molecule has 0 N–H and O–H groups in total. The van der Waals surface area contributed by atoms with Gasteiger partial charge in [-0.1, -0.05) is 265 Å². The molecule has 7 heterocycles. The maximum atomic E-state index is 6.45. The predicted molar refractivity (Wildman–Crippen MR) is 473 cm³/mol. The van der Waals surface area contributed by atoms with Crippen LogP contribution in [0.15, 0.2) is 356 Å². The first-order valence-electron chi connectivity index (χ1n) is 38.2. The molecular weight excluding hydrogens is 1430 g/mol. The van der Waals surface area contributed by atoms with Crippen molar-refractivity contribution >= 4 is 170 Å². The standard InChI is InChI=1S/C48H29N3.C35H29BN2O2.C19H12BrN/c1-2-9-35-27-36(20-15-30(35)7-1)38-21-24-40-41(28-38)42-29-37(23-26-45(42)51-46-12-6-5-11-44(46)50-48(40)51)31-13-17-33(18-14-31)43-25-22-34-19-16-32-8-3-4-10-39(32)47(34)49-43;1-34(2)35(3,4)40-36(39-34)26-16-18-31-29(21-26)28-20-25(24-14-13-22-9-5-6-10-23(22)19-24)15-17-27(28)33-37-30-11-7-8-12-32(30)38(31)33;20-16-10-7-14(8-11-16)18-12-9-15-6-5-13-3-1-2-4-17(13)19(15)21-18/h1-29H;5-21H,1-4H3;1-12H. The van der Waals surface area contributed by atoms with E-state index >= 15 is 0 Å². The summed E-state index contributed by atoms with van der Waals surface area (Å²) in [5, 5.41) is 19.1. The Morgan fingerprint density at radius 2 is 0.616 bits per heavy atom. The maximum Gasteiger partial charge on any atom is 0.494 e. The molecule has 22 aromatic rings. The summed E-state index contributed by atoms with van der Waals surface area (Å²) in [5.41, 5.74) is 22.1. The molecule has 1 saturated heterocycles. The molecule has 1 aliphatic rings. The third-order valence-corrected chi connectivity index (χ3v) is 23.8. The van der Waals surface area contributed by atoms with Crippen molar-refractivity contribution in [3.05, 3.63) is 356 Å². The van der Waals surface area contributed by atoms with Gasteiger partial charge in [-0.2, -0.15) is 0 Å². The fraction of sp³-hybridized carbons (Fsp3) is 0.0588. The highest BCUT2D eigenvalue weighted by molar-refractivity contribution is 9.10. The lowest BCUT2D eigenvalue weighted by atomic mass is 9.78. The van der Waals surface area contributed by atoms with Crippen LogP contribution in [0.5, 0.6) is 0 Å². The number of halogens is 1. The second-order valence-corrected chi connectivity index (χ2v) is 31.4. The van der Waals surface area contributed by atoms with Gasteiger partial charge in [0.2, 0.25) is 0 Å². The van der Waals surface area contributed by atoms with Gasteiger partial charge in [-0.05, 0) is 213 Å². The van der Waals surface area contributed by atoms with Crippen LogP contribution in [0.3, 0.4) is 0 Å². The zero-order valence-corrected chi connectivity index (χ0v) is 63.5. The smallest absolute Gasteiger partial charge is 0.399 e. The average Bonchev–Trinajstić information content (AvgIpc) is 1.52. The number of rotatable bonds is 6. The Morgan fingerprint density at radius 3 is 1.13 bits per heavy atom. The van der Waals surface area contributed by atoms with Gasteiger partial charge in [0, 0.05) is 58.7 Å². The number of benzene rings is 16. The van der Waals surface area contributed by atoms with Crippen LogP contribution in [0.25, 0.3) is 198 Å². The van der Waals surface area contributed by atoms with Crippen LogP contribution in [0.1, 0.15) is 27.7 Å². The van der Waals surface area contributed by atoms with Gasteiger partial charge in [0.25, 0.3) is 0 Å². The van der Waals surface area contributed by atoms with Crippen LogP contribution < -0.4 is 5.46 Å². The first-order valence-corrected chi connectivity index (χ1v) is 39.0. The number of para-hydroxylation sites is 4. The van der Waals surface area contributed by atoms with E-state index in [0.29, 0.717) is 0 Å². The van der Waals surface area contributed by atoms with Crippen molar-refractivity contribution < 1.29 is 9.31 Å². The van der Waals surface area contributed by atoms with E-state index in [1.807, 2.05) is 18.2 Å². The van der Waals surface area contributed by atoms with Crippen molar-refractivity contribution in [3.8, 4) is 55.9 Å². The number of nitrogens with zero attached hydrogens (tertiary/aromatic N) is 6. The lowest BCUT2D eigenvalue weighted by molar-refractivity contribution is 0.00578. The number of fused-ring (bicyclic) bond motifs is 24. The summed E-state index contributed by atoms with van der Waals surface area (Å²) in [7, 11) is -0.427. The summed E-state index contributed by atoms with van der Waals surface area (Å²) >= 11 is 3.47. The molecule has 16 aromatic carbocycles. The quantitative estimate of drug-likeness (QED) is 0.122. The zero-order chi connectivity index (χ0) is 74.9. The van der Waals surface area contributed by atoms with E-state index in [2.05, 4.69) is 386 Å². The van der Waals surface area contributed by atoms with Crippen molar-refractivity contribution in [2.45, 2.75) is 38.9 Å². The SMILES string of the molecule is Brc1ccc(-c2ccc3ccc4ccccc4c3n2)cc1.CC1(C)OB(c2ccc3c(c2)c2cc(-c4ccc5ccccc5c4)ccc2c2nc4ccccc4n32)OC1(C)C.c1ccc2cc(-c3ccc4c(c3)c3cc(-c5ccc(-c6ccc7ccc8ccccc8c7n6)cc5)ccc3n3c5ccccc5nc43)ccc2c1. The fourth-order valence-corrected chi connectivity index (χ4v) is 16.9. The summed E-state index contributed by atoms with van der Waals surface area (Å²) in [6, 6.07) is 125. The molecule has 0 radical (unpaired) electrons. The van der Waals surface area contributed by atoms with Crippen molar-refractivity contribution in [1.82, 2.24) is 28.7 Å². The van der Waals surface area contributed by atoms with E-state index in [9.17, 15) is 0 Å². The molecule has 1 fully saturated rings. The third kappa shape index (κ3) is 11.5. The van der Waals surface area contributed by atoms with Crippen LogP contribution in [-0.4, -0.2) is 47.1 Å². The largest absolute Gasteiger partial charge is 0.494 e. The Labute approximate surface area is 654 Å². The van der Waals surface area contributed by atoms with Gasteiger partial charge in [-0.25, -0.2) is 19.9 Å². The Bertz CT molecular complexity index is 7600. The summed E-state index contributed by atoms with van der Waals surface area (Å²) in [4.78, 5) is 20.3. The number of hydrogen-bond donors (Lipinski definition) is 0. The lowest BCUT2D eigenvalue weighted by Crippen LogP contribution is -2.41. The van der Waals surface area contributed by atoms with Gasteiger partial charge < -0.3 is 9.31 Å². The Morgan fingerprint density at radius 1 is 0.259 bits per heavy atom. The molecule has 0 unspecified atom stereocenters. The van der Waals surface area contributed by atoms with Crippen molar-refractivity contribution in [1.29, 1.82) is 0 Å². The minimum atomic E-state index is -0.427. The number of hydrogen-bond acceptors (Lipinski definition) is 6. The molecular formula is C102H70BBrN6O2. The maximum absolute atomic E-state index is 6.45. The summed E-state index contributed by atoms with van der Waals surface area (Å²) < 4.78 is 18.6. The third-order valence-electron chi connectivity index (χ3n) is 23.2. The highest BCUT2D eigenvalue weighted by Gasteiger charge is 2.52. The van der Waals surface area contributed by atoms with Gasteiger partial charge >= 0.3 is 7.12 Å². The molecule has 0 aliphatic carbocycles. The minimum Gasteiger partial charge on any atom is -0.399 e. The molecule has 6 aromatic heterocycles. The molecule has 0 amide bonds. The van der Waals surface area contributed by atoms with Crippen LogP contribution in [0.4, 0.5) is 0 Å². The Balaban J connectivity index is 0.000000115. The van der Waals surface area contributed by atoms with Crippen molar-refractivity contribution in [2.75, 3.05) is 0 Å². The number of pyridine rings is 4. The fourth-order valence-electron chi connectivity index (χ4n) is 16.6. The Kier molecular flexibility index (Phi) is 15.9. The monoisotopic (exact) mass is 1500 g/mol.